The summed E-state index contributed by atoms with van der Waals surface area (Å²) in [4.78, 5) is 28.5. The van der Waals surface area contributed by atoms with Gasteiger partial charge in [-0.3, -0.25) is 14.3 Å². The Bertz CT molecular complexity index is 1290. The molecule has 5 rings (SSSR count). The Hall–Kier alpha value is -3.96. The summed E-state index contributed by atoms with van der Waals surface area (Å²) in [7, 11) is 3.24. The minimum Gasteiger partial charge on any atom is -0.494 e. The van der Waals surface area contributed by atoms with E-state index in [0.29, 0.717) is 36.2 Å². The lowest BCUT2D eigenvalue weighted by molar-refractivity contribution is -0.117. The van der Waals surface area contributed by atoms with E-state index in [1.807, 2.05) is 29.1 Å². The molecule has 2 atom stereocenters. The molecule has 3 aromatic rings. The Balaban J connectivity index is 1.45. The topological polar surface area (TPSA) is 143 Å². The van der Waals surface area contributed by atoms with E-state index >= 15 is 0 Å². The second kappa shape index (κ2) is 9.96. The molecule has 36 heavy (non-hydrogen) atoms. The lowest BCUT2D eigenvalue weighted by Crippen LogP contribution is -2.24. The first kappa shape index (κ1) is 23.8. The predicted molar refractivity (Wildman–Crippen MR) is 132 cm³/mol. The second-order valence-corrected chi connectivity index (χ2v) is 8.84. The van der Waals surface area contributed by atoms with Crippen LogP contribution in [-0.4, -0.2) is 60.1 Å². The lowest BCUT2D eigenvalue weighted by atomic mass is 10.1. The SMILES string of the molecule is COc1c(Nc2cc(NC(=O)C3CC3)ncc2C(N)=O)cccc1-c1cnn([C@@H]2COC[C@H]2OC)c1. The number of carbonyl (C=O) groups is 2. The molecule has 11 nitrogen and oxygen atoms in total. The number of pyridine rings is 1. The van der Waals surface area contributed by atoms with Crippen molar-refractivity contribution >= 4 is 29.0 Å². The number of aromatic nitrogens is 3. The zero-order chi connectivity index (χ0) is 25.2. The first-order chi connectivity index (χ1) is 17.5. The summed E-state index contributed by atoms with van der Waals surface area (Å²) in [5.41, 5.74) is 8.43. The average molecular weight is 493 g/mol. The van der Waals surface area contributed by atoms with Crippen LogP contribution >= 0.6 is 0 Å². The number of primary amides is 1. The smallest absolute Gasteiger partial charge is 0.252 e. The fourth-order valence-corrected chi connectivity index (χ4v) is 4.28. The van der Waals surface area contributed by atoms with Crippen molar-refractivity contribution in [3.63, 3.8) is 0 Å². The van der Waals surface area contributed by atoms with Gasteiger partial charge in [-0.2, -0.15) is 5.10 Å². The molecule has 2 fully saturated rings. The molecule has 2 aliphatic rings. The molecule has 1 aliphatic heterocycles. The number of methoxy groups -OCH3 is 2. The molecular formula is C25H28N6O5. The molecule has 0 spiro atoms. The number of hydrogen-bond donors (Lipinski definition) is 3. The van der Waals surface area contributed by atoms with Crippen LogP contribution in [0.5, 0.6) is 5.75 Å². The van der Waals surface area contributed by atoms with Gasteiger partial charge in [0.05, 0.1) is 43.5 Å². The van der Waals surface area contributed by atoms with E-state index in [1.54, 1.807) is 26.5 Å². The third kappa shape index (κ3) is 4.75. The highest BCUT2D eigenvalue weighted by Gasteiger charge is 2.31. The van der Waals surface area contributed by atoms with Crippen molar-refractivity contribution in [1.82, 2.24) is 14.8 Å². The molecule has 2 amide bonds. The molecular weight excluding hydrogens is 464 g/mol. The Morgan fingerprint density at radius 1 is 1.17 bits per heavy atom. The highest BCUT2D eigenvalue weighted by Crippen LogP contribution is 2.39. The van der Waals surface area contributed by atoms with Crippen molar-refractivity contribution < 1.29 is 23.8 Å². The largest absolute Gasteiger partial charge is 0.494 e. The molecule has 0 unspecified atom stereocenters. The average Bonchev–Trinajstić information content (AvgIpc) is 3.42. The van der Waals surface area contributed by atoms with Crippen molar-refractivity contribution in [3.8, 4) is 16.9 Å². The van der Waals surface area contributed by atoms with Crippen molar-refractivity contribution in [3.05, 3.63) is 48.4 Å². The van der Waals surface area contributed by atoms with Gasteiger partial charge < -0.3 is 30.6 Å². The summed E-state index contributed by atoms with van der Waals surface area (Å²) in [5.74, 6) is 0.181. The summed E-state index contributed by atoms with van der Waals surface area (Å²) in [6, 6.07) is 7.19. The first-order valence-corrected chi connectivity index (χ1v) is 11.7. The number of para-hydroxylation sites is 1. The number of ether oxygens (including phenoxy) is 3. The van der Waals surface area contributed by atoms with Gasteiger partial charge >= 0.3 is 0 Å². The van der Waals surface area contributed by atoms with Gasteiger partial charge in [0.2, 0.25) is 5.91 Å². The van der Waals surface area contributed by atoms with E-state index < -0.39 is 5.91 Å². The Labute approximate surface area is 207 Å². The summed E-state index contributed by atoms with van der Waals surface area (Å²) < 4.78 is 18.7. The van der Waals surface area contributed by atoms with E-state index in [9.17, 15) is 9.59 Å². The van der Waals surface area contributed by atoms with Gasteiger partial charge in [-0.1, -0.05) is 12.1 Å². The molecule has 3 heterocycles. The third-order valence-corrected chi connectivity index (χ3v) is 6.41. The number of carbonyl (C=O) groups excluding carboxylic acids is 2. The molecule has 11 heteroatoms. The number of hydrogen-bond acceptors (Lipinski definition) is 8. The molecule has 1 aromatic carbocycles. The molecule has 2 aromatic heterocycles. The van der Waals surface area contributed by atoms with Gasteiger partial charge in [0.25, 0.3) is 5.91 Å². The number of nitrogens with one attached hydrogen (secondary N) is 2. The Morgan fingerprint density at radius 3 is 2.72 bits per heavy atom. The van der Waals surface area contributed by atoms with Gasteiger partial charge in [0.15, 0.2) is 0 Å². The third-order valence-electron chi connectivity index (χ3n) is 6.41. The van der Waals surface area contributed by atoms with Crippen LogP contribution in [0, 0.1) is 5.92 Å². The van der Waals surface area contributed by atoms with E-state index in [-0.39, 0.29) is 29.5 Å². The number of amides is 2. The maximum Gasteiger partial charge on any atom is 0.252 e. The molecule has 1 saturated heterocycles. The number of nitrogens with two attached hydrogens (primary N) is 1. The monoisotopic (exact) mass is 492 g/mol. The summed E-state index contributed by atoms with van der Waals surface area (Å²) in [6.45, 7) is 1.05. The standard InChI is InChI=1S/C25H28N6O5/c1-34-21-13-36-12-20(21)31-11-15(9-28-31)16-4-3-5-18(23(16)35-2)29-19-8-22(27-10-17(19)24(26)32)30-25(33)14-6-7-14/h3-5,8-11,14,20-21H,6-7,12-13H2,1-2H3,(H2,26,32)(H2,27,29,30,33)/t20-,21-/m1/s1. The van der Waals surface area contributed by atoms with Crippen molar-refractivity contribution in [2.45, 2.75) is 25.0 Å². The van der Waals surface area contributed by atoms with Crippen LogP contribution in [0.25, 0.3) is 11.1 Å². The zero-order valence-electron chi connectivity index (χ0n) is 20.1. The van der Waals surface area contributed by atoms with Crippen molar-refractivity contribution in [2.75, 3.05) is 38.1 Å². The maximum absolute atomic E-state index is 12.2. The summed E-state index contributed by atoms with van der Waals surface area (Å²) in [6.07, 6.45) is 6.72. The van der Waals surface area contributed by atoms with Crippen LogP contribution in [-0.2, 0) is 14.3 Å². The second-order valence-electron chi connectivity index (χ2n) is 8.84. The fraction of sp³-hybridized carbons (Fsp3) is 0.360. The van der Waals surface area contributed by atoms with E-state index in [4.69, 9.17) is 19.9 Å². The Morgan fingerprint density at radius 2 is 2.00 bits per heavy atom. The quantitative estimate of drug-likeness (QED) is 0.414. The van der Waals surface area contributed by atoms with Crippen LogP contribution in [0.1, 0.15) is 29.2 Å². The van der Waals surface area contributed by atoms with Crippen LogP contribution in [0.3, 0.4) is 0 Å². The number of rotatable bonds is 9. The van der Waals surface area contributed by atoms with Crippen LogP contribution in [0.2, 0.25) is 0 Å². The van der Waals surface area contributed by atoms with Crippen LogP contribution in [0.4, 0.5) is 17.2 Å². The summed E-state index contributed by atoms with van der Waals surface area (Å²) in [5, 5.41) is 10.6. The minimum absolute atomic E-state index is 0.0183. The minimum atomic E-state index is -0.645. The normalized spacial score (nSPS) is 19.2. The van der Waals surface area contributed by atoms with Crippen LogP contribution in [0.15, 0.2) is 42.9 Å². The predicted octanol–water partition coefficient (Wildman–Crippen LogP) is 2.73. The van der Waals surface area contributed by atoms with E-state index in [1.165, 1.54) is 6.20 Å². The molecule has 1 aliphatic carbocycles. The number of nitrogens with zero attached hydrogens (tertiary/aromatic N) is 3. The fourth-order valence-electron chi connectivity index (χ4n) is 4.28. The van der Waals surface area contributed by atoms with Crippen molar-refractivity contribution in [1.29, 1.82) is 0 Å². The molecule has 0 radical (unpaired) electrons. The highest BCUT2D eigenvalue weighted by molar-refractivity contribution is 6.01. The molecule has 1 saturated carbocycles. The van der Waals surface area contributed by atoms with Gasteiger partial charge in [-0.15, -0.1) is 0 Å². The van der Waals surface area contributed by atoms with Crippen molar-refractivity contribution in [2.24, 2.45) is 11.7 Å². The molecule has 188 valence electrons. The van der Waals surface area contributed by atoms with Gasteiger partial charge in [-0.05, 0) is 18.9 Å². The van der Waals surface area contributed by atoms with Gasteiger partial charge in [0.1, 0.15) is 23.7 Å². The number of anilines is 3. The summed E-state index contributed by atoms with van der Waals surface area (Å²) >= 11 is 0. The van der Waals surface area contributed by atoms with Gasteiger partial charge in [-0.25, -0.2) is 4.98 Å². The molecule has 4 N–H and O–H groups in total. The van der Waals surface area contributed by atoms with Crippen LogP contribution < -0.4 is 21.1 Å². The molecule has 0 bridgehead atoms. The highest BCUT2D eigenvalue weighted by atomic mass is 16.5. The first-order valence-electron chi connectivity index (χ1n) is 11.7. The van der Waals surface area contributed by atoms with E-state index in [2.05, 4.69) is 20.7 Å². The Kier molecular flexibility index (Phi) is 6.57. The maximum atomic E-state index is 12.2. The lowest BCUT2D eigenvalue weighted by Gasteiger charge is -2.17. The van der Waals surface area contributed by atoms with E-state index in [0.717, 1.165) is 24.0 Å². The number of benzene rings is 1. The zero-order valence-corrected chi connectivity index (χ0v) is 20.1. The van der Waals surface area contributed by atoms with Gasteiger partial charge in [0, 0.05) is 42.6 Å².